The van der Waals surface area contributed by atoms with E-state index in [1.54, 1.807) is 54.6 Å². The molecule has 3 N–H and O–H groups in total. The zero-order chi connectivity index (χ0) is 22.2. The van der Waals surface area contributed by atoms with Crippen molar-refractivity contribution >= 4 is 58.5 Å². The summed E-state index contributed by atoms with van der Waals surface area (Å²) < 4.78 is 0. The molecule has 0 spiro atoms. The lowest BCUT2D eigenvalue weighted by molar-refractivity contribution is -0.136. The van der Waals surface area contributed by atoms with Gasteiger partial charge in [-0.25, -0.2) is 5.43 Å². The average Bonchev–Trinajstić information content (AvgIpc) is 2.77. The Kier molecular flexibility index (Phi) is 7.37. The van der Waals surface area contributed by atoms with Crippen LogP contribution in [0.5, 0.6) is 0 Å². The molecule has 0 saturated heterocycles. The van der Waals surface area contributed by atoms with E-state index >= 15 is 0 Å². The molecule has 0 aliphatic heterocycles. The number of carbonyl (C=O) groups excluding carboxylic acids is 3. The van der Waals surface area contributed by atoms with Crippen LogP contribution in [0.15, 0.2) is 77.9 Å². The van der Waals surface area contributed by atoms with Crippen LogP contribution in [0.2, 0.25) is 10.0 Å². The third-order valence-electron chi connectivity index (χ3n) is 4.01. The van der Waals surface area contributed by atoms with Crippen LogP contribution in [0.4, 0.5) is 11.4 Å². The van der Waals surface area contributed by atoms with Gasteiger partial charge in [0, 0.05) is 11.3 Å². The van der Waals surface area contributed by atoms with Crippen LogP contribution in [0.3, 0.4) is 0 Å². The van der Waals surface area contributed by atoms with Crippen LogP contribution in [-0.4, -0.2) is 23.9 Å². The van der Waals surface area contributed by atoms with Gasteiger partial charge in [-0.2, -0.15) is 5.10 Å². The lowest BCUT2D eigenvalue weighted by Gasteiger charge is -2.11. The van der Waals surface area contributed by atoms with Crippen molar-refractivity contribution < 1.29 is 14.4 Å². The first-order chi connectivity index (χ1) is 15.0. The number of para-hydroxylation sites is 2. The average molecular weight is 455 g/mol. The van der Waals surface area contributed by atoms with E-state index in [4.69, 9.17) is 23.2 Å². The number of benzene rings is 3. The molecular weight excluding hydrogens is 439 g/mol. The second kappa shape index (κ2) is 10.4. The van der Waals surface area contributed by atoms with Crippen LogP contribution >= 0.6 is 23.2 Å². The van der Waals surface area contributed by atoms with E-state index in [1.807, 2.05) is 6.07 Å². The van der Waals surface area contributed by atoms with Crippen LogP contribution < -0.4 is 16.1 Å². The van der Waals surface area contributed by atoms with Crippen LogP contribution in [0, 0.1) is 0 Å². The first-order valence-electron chi connectivity index (χ1n) is 8.99. The molecule has 0 radical (unpaired) electrons. The second-order valence-corrected chi connectivity index (χ2v) is 6.95. The molecule has 0 unspecified atom stereocenters. The third-order valence-corrected chi connectivity index (χ3v) is 4.84. The number of nitrogens with one attached hydrogen (secondary N) is 3. The van der Waals surface area contributed by atoms with E-state index in [0.717, 1.165) is 0 Å². The minimum atomic E-state index is -1.02. The van der Waals surface area contributed by atoms with Gasteiger partial charge in [0.05, 0.1) is 27.5 Å². The molecule has 156 valence electrons. The maximum atomic E-state index is 12.6. The minimum absolute atomic E-state index is 0.179. The molecule has 0 atom stereocenters. The Morgan fingerprint density at radius 3 is 2.26 bits per heavy atom. The Hall–Kier alpha value is -3.68. The molecular formula is C22H16Cl2N4O3. The number of anilines is 2. The van der Waals surface area contributed by atoms with Crippen molar-refractivity contribution in [1.29, 1.82) is 0 Å². The number of hydrogen-bond donors (Lipinski definition) is 3. The van der Waals surface area contributed by atoms with Crippen LogP contribution in [-0.2, 0) is 9.59 Å². The quantitative estimate of drug-likeness (QED) is 0.303. The number of hydrazone groups is 1. The number of halogens is 2. The van der Waals surface area contributed by atoms with Gasteiger partial charge in [0.25, 0.3) is 5.91 Å². The zero-order valence-electron chi connectivity index (χ0n) is 15.9. The van der Waals surface area contributed by atoms with Crippen molar-refractivity contribution in [3.8, 4) is 0 Å². The highest BCUT2D eigenvalue weighted by Gasteiger charge is 2.17. The van der Waals surface area contributed by atoms with E-state index in [9.17, 15) is 14.4 Å². The lowest BCUT2D eigenvalue weighted by Crippen LogP contribution is -2.33. The second-order valence-electron chi connectivity index (χ2n) is 6.16. The molecule has 0 aliphatic rings. The molecule has 0 aliphatic carbocycles. The van der Waals surface area contributed by atoms with Gasteiger partial charge in [-0.1, -0.05) is 65.7 Å². The molecule has 7 nitrogen and oxygen atoms in total. The fourth-order valence-electron chi connectivity index (χ4n) is 2.52. The molecule has 0 heterocycles. The zero-order valence-corrected chi connectivity index (χ0v) is 17.4. The van der Waals surface area contributed by atoms with Gasteiger partial charge in [-0.15, -0.1) is 0 Å². The Labute approximate surface area is 188 Å². The highest BCUT2D eigenvalue weighted by atomic mass is 35.5. The molecule has 0 aromatic heterocycles. The first-order valence-corrected chi connectivity index (χ1v) is 9.75. The highest BCUT2D eigenvalue weighted by Crippen LogP contribution is 2.24. The summed E-state index contributed by atoms with van der Waals surface area (Å²) in [6, 6.07) is 20.1. The van der Waals surface area contributed by atoms with Gasteiger partial charge in [0.2, 0.25) is 0 Å². The van der Waals surface area contributed by atoms with Crippen molar-refractivity contribution in [3.63, 3.8) is 0 Å². The number of rotatable bonds is 5. The Morgan fingerprint density at radius 2 is 1.48 bits per heavy atom. The summed E-state index contributed by atoms with van der Waals surface area (Å²) >= 11 is 11.9. The Morgan fingerprint density at radius 1 is 0.774 bits per heavy atom. The summed E-state index contributed by atoms with van der Waals surface area (Å²) in [6.45, 7) is 0. The number of carbonyl (C=O) groups is 3. The normalized spacial score (nSPS) is 10.5. The van der Waals surface area contributed by atoms with Gasteiger partial charge in [0.1, 0.15) is 0 Å². The monoisotopic (exact) mass is 454 g/mol. The molecule has 3 rings (SSSR count). The minimum Gasteiger partial charge on any atom is -0.322 e. The summed E-state index contributed by atoms with van der Waals surface area (Å²) in [5.41, 5.74) is 3.55. The topological polar surface area (TPSA) is 99.7 Å². The van der Waals surface area contributed by atoms with Crippen LogP contribution in [0.1, 0.15) is 15.9 Å². The summed E-state index contributed by atoms with van der Waals surface area (Å²) in [6.07, 6.45) is 1.26. The summed E-state index contributed by atoms with van der Waals surface area (Å²) in [4.78, 5) is 36.9. The maximum Gasteiger partial charge on any atom is 0.329 e. The fraction of sp³-hybridized carbons (Fsp3) is 0. The summed E-state index contributed by atoms with van der Waals surface area (Å²) in [5.74, 6) is -2.45. The number of amides is 3. The SMILES string of the molecule is O=C(N/N=C\c1cccc(Cl)c1Cl)C(=O)Nc1ccccc1C(=O)Nc1ccccc1. The molecule has 0 bridgehead atoms. The van der Waals surface area contributed by atoms with Crippen molar-refractivity contribution in [2.75, 3.05) is 10.6 Å². The molecule has 0 fully saturated rings. The standard InChI is InChI=1S/C22H16Cl2N4O3/c23-17-11-6-7-14(19(17)24)13-25-28-22(31)21(30)27-18-12-5-4-10-16(18)20(29)26-15-8-2-1-3-9-15/h1-13H,(H,26,29)(H,27,30)(H,28,31)/b25-13-. The Balaban J connectivity index is 1.65. The smallest absolute Gasteiger partial charge is 0.322 e. The van der Waals surface area contributed by atoms with Gasteiger partial charge >= 0.3 is 11.8 Å². The van der Waals surface area contributed by atoms with Gasteiger partial charge < -0.3 is 10.6 Å². The van der Waals surface area contributed by atoms with E-state index in [1.165, 1.54) is 18.3 Å². The third kappa shape index (κ3) is 5.91. The van der Waals surface area contributed by atoms with Gasteiger partial charge in [0.15, 0.2) is 0 Å². The van der Waals surface area contributed by atoms with Crippen LogP contribution in [0.25, 0.3) is 0 Å². The van der Waals surface area contributed by atoms with E-state index in [-0.39, 0.29) is 16.3 Å². The number of hydrogen-bond acceptors (Lipinski definition) is 4. The predicted molar refractivity (Wildman–Crippen MR) is 122 cm³/mol. The van der Waals surface area contributed by atoms with Crippen molar-refractivity contribution in [2.45, 2.75) is 0 Å². The Bertz CT molecular complexity index is 1150. The fourth-order valence-corrected chi connectivity index (χ4v) is 2.88. The predicted octanol–water partition coefficient (Wildman–Crippen LogP) is 4.33. The summed E-state index contributed by atoms with van der Waals surface area (Å²) in [7, 11) is 0. The van der Waals surface area contributed by atoms with Crippen molar-refractivity contribution in [1.82, 2.24) is 5.43 Å². The van der Waals surface area contributed by atoms with E-state index < -0.39 is 17.7 Å². The summed E-state index contributed by atoms with van der Waals surface area (Å²) in [5, 5.41) is 9.45. The highest BCUT2D eigenvalue weighted by molar-refractivity contribution is 6.43. The van der Waals surface area contributed by atoms with Crippen molar-refractivity contribution in [2.24, 2.45) is 5.10 Å². The first kappa shape index (κ1) is 22.0. The maximum absolute atomic E-state index is 12.6. The lowest BCUT2D eigenvalue weighted by atomic mass is 10.1. The molecule has 3 aromatic carbocycles. The van der Waals surface area contributed by atoms with E-state index in [2.05, 4.69) is 21.2 Å². The number of nitrogens with zero attached hydrogens (tertiary/aromatic N) is 1. The van der Waals surface area contributed by atoms with Crippen molar-refractivity contribution in [3.05, 3.63) is 94.0 Å². The molecule has 9 heteroatoms. The molecule has 31 heavy (non-hydrogen) atoms. The molecule has 0 saturated carbocycles. The van der Waals surface area contributed by atoms with Gasteiger partial charge in [-0.05, 0) is 30.3 Å². The molecule has 3 amide bonds. The largest absolute Gasteiger partial charge is 0.329 e. The van der Waals surface area contributed by atoms with E-state index in [0.29, 0.717) is 16.3 Å². The molecule has 3 aromatic rings. The van der Waals surface area contributed by atoms with Gasteiger partial charge in [-0.3, -0.25) is 14.4 Å².